The van der Waals surface area contributed by atoms with E-state index < -0.39 is 12.1 Å². The number of hydrogen-bond donors (Lipinski definition) is 1. The standard InChI is InChI=1S/C19H27NO3/c1-14(2)10-11-18(21)23-17(12-15(3)4)19(22)20-13-16-8-6-5-7-9-16/h5-11,14-15,17H,12-13H2,1-4H3,(H,20,22)/b11-10+. The quantitative estimate of drug-likeness (QED) is 0.590. The van der Waals surface area contributed by atoms with Gasteiger partial charge in [-0.2, -0.15) is 0 Å². The van der Waals surface area contributed by atoms with Crippen LogP contribution in [0.5, 0.6) is 0 Å². The van der Waals surface area contributed by atoms with Crippen LogP contribution < -0.4 is 5.32 Å². The first-order valence-corrected chi connectivity index (χ1v) is 8.09. The zero-order chi connectivity index (χ0) is 17.2. The van der Waals surface area contributed by atoms with Gasteiger partial charge in [0.15, 0.2) is 6.10 Å². The van der Waals surface area contributed by atoms with E-state index in [2.05, 4.69) is 5.32 Å². The lowest BCUT2D eigenvalue weighted by Crippen LogP contribution is -2.38. The number of benzene rings is 1. The maximum atomic E-state index is 12.3. The molecule has 0 fully saturated rings. The molecule has 1 amide bonds. The minimum atomic E-state index is -0.761. The molecule has 0 aromatic heterocycles. The zero-order valence-electron chi connectivity index (χ0n) is 14.4. The lowest BCUT2D eigenvalue weighted by atomic mass is 10.1. The summed E-state index contributed by atoms with van der Waals surface area (Å²) >= 11 is 0. The summed E-state index contributed by atoms with van der Waals surface area (Å²) in [5, 5.41) is 2.83. The number of esters is 1. The normalized spacial score (nSPS) is 12.6. The highest BCUT2D eigenvalue weighted by Crippen LogP contribution is 2.10. The van der Waals surface area contributed by atoms with E-state index in [1.165, 1.54) is 6.08 Å². The van der Waals surface area contributed by atoms with E-state index in [-0.39, 0.29) is 17.7 Å². The van der Waals surface area contributed by atoms with E-state index in [1.54, 1.807) is 6.08 Å². The summed E-state index contributed by atoms with van der Waals surface area (Å²) in [6, 6.07) is 9.65. The molecule has 23 heavy (non-hydrogen) atoms. The van der Waals surface area contributed by atoms with Crippen molar-refractivity contribution in [3.05, 3.63) is 48.0 Å². The van der Waals surface area contributed by atoms with Gasteiger partial charge in [0.05, 0.1) is 0 Å². The second-order valence-electron chi connectivity index (χ2n) is 6.36. The Labute approximate surface area is 138 Å². The van der Waals surface area contributed by atoms with Crippen molar-refractivity contribution >= 4 is 11.9 Å². The van der Waals surface area contributed by atoms with Gasteiger partial charge >= 0.3 is 5.97 Å². The molecule has 1 aromatic rings. The molecule has 1 N–H and O–H groups in total. The number of carbonyl (C=O) groups excluding carboxylic acids is 2. The van der Waals surface area contributed by atoms with Crippen molar-refractivity contribution in [2.45, 2.75) is 46.8 Å². The monoisotopic (exact) mass is 317 g/mol. The molecule has 0 radical (unpaired) electrons. The fourth-order valence-electron chi connectivity index (χ4n) is 1.99. The Morgan fingerprint density at radius 1 is 1.13 bits per heavy atom. The molecular formula is C19H27NO3. The Kier molecular flexibility index (Phi) is 8.09. The molecular weight excluding hydrogens is 290 g/mol. The van der Waals surface area contributed by atoms with Crippen molar-refractivity contribution in [3.8, 4) is 0 Å². The van der Waals surface area contributed by atoms with Gasteiger partial charge in [-0.25, -0.2) is 4.79 Å². The van der Waals surface area contributed by atoms with E-state index in [1.807, 2.05) is 58.0 Å². The maximum absolute atomic E-state index is 12.3. The van der Waals surface area contributed by atoms with Crippen molar-refractivity contribution in [2.75, 3.05) is 0 Å². The lowest BCUT2D eigenvalue weighted by Gasteiger charge is -2.18. The van der Waals surface area contributed by atoms with Crippen LogP contribution in [0.2, 0.25) is 0 Å². The van der Waals surface area contributed by atoms with Crippen LogP contribution in [0.3, 0.4) is 0 Å². The van der Waals surface area contributed by atoms with Crippen LogP contribution in [0, 0.1) is 11.8 Å². The first-order valence-electron chi connectivity index (χ1n) is 8.09. The van der Waals surface area contributed by atoms with Gasteiger partial charge in [-0.1, -0.05) is 64.1 Å². The van der Waals surface area contributed by atoms with E-state index in [4.69, 9.17) is 4.74 Å². The van der Waals surface area contributed by atoms with Crippen LogP contribution in [0.15, 0.2) is 42.5 Å². The predicted molar refractivity (Wildman–Crippen MR) is 91.6 cm³/mol. The third kappa shape index (κ3) is 8.19. The fourth-order valence-corrected chi connectivity index (χ4v) is 1.99. The van der Waals surface area contributed by atoms with Gasteiger partial charge in [0.25, 0.3) is 5.91 Å². The van der Waals surface area contributed by atoms with Gasteiger partial charge in [-0.3, -0.25) is 4.79 Å². The van der Waals surface area contributed by atoms with E-state index in [0.29, 0.717) is 13.0 Å². The number of hydrogen-bond acceptors (Lipinski definition) is 3. The van der Waals surface area contributed by atoms with Gasteiger partial charge < -0.3 is 10.1 Å². The van der Waals surface area contributed by atoms with Crippen molar-refractivity contribution in [1.29, 1.82) is 0 Å². The molecule has 0 aliphatic heterocycles. The molecule has 0 saturated heterocycles. The van der Waals surface area contributed by atoms with Crippen molar-refractivity contribution in [2.24, 2.45) is 11.8 Å². The van der Waals surface area contributed by atoms with Crippen LogP contribution in [0.25, 0.3) is 0 Å². The third-order valence-electron chi connectivity index (χ3n) is 3.16. The van der Waals surface area contributed by atoms with Gasteiger partial charge in [0, 0.05) is 12.6 Å². The summed E-state index contributed by atoms with van der Waals surface area (Å²) < 4.78 is 5.32. The van der Waals surface area contributed by atoms with Crippen molar-refractivity contribution in [3.63, 3.8) is 0 Å². The summed E-state index contributed by atoms with van der Waals surface area (Å²) in [4.78, 5) is 24.1. The Hall–Kier alpha value is -2.10. The van der Waals surface area contributed by atoms with Crippen LogP contribution >= 0.6 is 0 Å². The van der Waals surface area contributed by atoms with Crippen molar-refractivity contribution < 1.29 is 14.3 Å². The molecule has 1 unspecified atom stereocenters. The molecule has 0 spiro atoms. The summed E-state index contributed by atoms with van der Waals surface area (Å²) in [6.45, 7) is 8.36. The number of allylic oxidation sites excluding steroid dienone is 1. The molecule has 0 saturated carbocycles. The Balaban J connectivity index is 2.61. The molecule has 1 atom stereocenters. The molecule has 0 aliphatic carbocycles. The van der Waals surface area contributed by atoms with Gasteiger partial charge in [-0.15, -0.1) is 0 Å². The number of amides is 1. The topological polar surface area (TPSA) is 55.4 Å². The second-order valence-corrected chi connectivity index (χ2v) is 6.36. The highest BCUT2D eigenvalue weighted by Gasteiger charge is 2.23. The zero-order valence-corrected chi connectivity index (χ0v) is 14.4. The van der Waals surface area contributed by atoms with E-state index in [0.717, 1.165) is 5.56 Å². The summed E-state index contributed by atoms with van der Waals surface area (Å²) in [7, 11) is 0. The Morgan fingerprint density at radius 2 is 1.78 bits per heavy atom. The fraction of sp³-hybridized carbons (Fsp3) is 0.474. The molecule has 0 bridgehead atoms. The summed E-state index contributed by atoms with van der Waals surface area (Å²) in [5.41, 5.74) is 1.01. The average molecular weight is 317 g/mol. The number of rotatable bonds is 8. The minimum absolute atomic E-state index is 0.254. The first kappa shape index (κ1) is 18.9. The summed E-state index contributed by atoms with van der Waals surface area (Å²) in [6.07, 6.45) is 2.89. The third-order valence-corrected chi connectivity index (χ3v) is 3.16. The van der Waals surface area contributed by atoms with Crippen LogP contribution in [-0.4, -0.2) is 18.0 Å². The molecule has 0 heterocycles. The SMILES string of the molecule is CC(C)/C=C/C(=O)OC(CC(C)C)C(=O)NCc1ccccc1. The molecule has 0 aliphatic rings. The molecule has 4 nitrogen and oxygen atoms in total. The Bertz CT molecular complexity index is 521. The van der Waals surface area contributed by atoms with Crippen LogP contribution in [0.4, 0.5) is 0 Å². The predicted octanol–water partition coefficient (Wildman–Crippen LogP) is 3.47. The first-order chi connectivity index (χ1) is 10.9. The van der Waals surface area contributed by atoms with Gasteiger partial charge in [0.1, 0.15) is 0 Å². The smallest absolute Gasteiger partial charge is 0.331 e. The van der Waals surface area contributed by atoms with Crippen molar-refractivity contribution in [1.82, 2.24) is 5.32 Å². The number of ether oxygens (including phenoxy) is 1. The Morgan fingerprint density at radius 3 is 2.35 bits per heavy atom. The van der Waals surface area contributed by atoms with E-state index >= 15 is 0 Å². The minimum Gasteiger partial charge on any atom is -0.449 e. The number of carbonyl (C=O) groups is 2. The lowest BCUT2D eigenvalue weighted by molar-refractivity contribution is -0.152. The molecule has 4 heteroatoms. The molecule has 1 rings (SSSR count). The van der Waals surface area contributed by atoms with Gasteiger partial charge in [0.2, 0.25) is 0 Å². The van der Waals surface area contributed by atoms with E-state index in [9.17, 15) is 9.59 Å². The largest absolute Gasteiger partial charge is 0.449 e. The highest BCUT2D eigenvalue weighted by atomic mass is 16.5. The summed E-state index contributed by atoms with van der Waals surface area (Å²) in [5.74, 6) is -0.213. The molecule has 126 valence electrons. The second kappa shape index (κ2) is 9.82. The van der Waals surface area contributed by atoms with Crippen LogP contribution in [0.1, 0.15) is 39.7 Å². The number of nitrogens with one attached hydrogen (secondary N) is 1. The maximum Gasteiger partial charge on any atom is 0.331 e. The van der Waals surface area contributed by atoms with Crippen LogP contribution in [-0.2, 0) is 20.9 Å². The average Bonchev–Trinajstić information content (AvgIpc) is 2.50. The highest BCUT2D eigenvalue weighted by molar-refractivity contribution is 5.87. The molecule has 1 aromatic carbocycles. The van der Waals surface area contributed by atoms with Gasteiger partial charge in [-0.05, 0) is 23.8 Å².